The largest absolute Gasteiger partial charge is 0.443 e. The van der Waals surface area contributed by atoms with E-state index in [1.807, 2.05) is 0 Å². The molecule has 0 aliphatic carbocycles. The maximum atomic E-state index is 12.4. The third-order valence-corrected chi connectivity index (χ3v) is 3.68. The first kappa shape index (κ1) is 15.8. The Labute approximate surface area is 118 Å². The highest BCUT2D eigenvalue weighted by Gasteiger charge is 2.35. The van der Waals surface area contributed by atoms with Crippen molar-refractivity contribution in [2.45, 2.75) is 18.5 Å². The van der Waals surface area contributed by atoms with E-state index in [0.717, 1.165) is 30.5 Å². The molecule has 0 radical (unpaired) electrons. The SMILES string of the molecule is OC(c1ccc(C(F)(F)F)cc1)c1cnc(C(F)(F)F)s1. The van der Waals surface area contributed by atoms with Crippen molar-refractivity contribution in [3.63, 3.8) is 0 Å². The Bertz CT molecular complexity index is 616. The minimum atomic E-state index is -4.62. The van der Waals surface area contributed by atoms with Crippen molar-refractivity contribution < 1.29 is 31.4 Å². The van der Waals surface area contributed by atoms with Crippen LogP contribution in [0.15, 0.2) is 30.5 Å². The molecule has 9 heteroatoms. The molecule has 0 bridgehead atoms. The van der Waals surface area contributed by atoms with Gasteiger partial charge in [0, 0.05) is 6.20 Å². The molecule has 114 valence electrons. The van der Waals surface area contributed by atoms with Gasteiger partial charge in [0.2, 0.25) is 0 Å². The summed E-state index contributed by atoms with van der Waals surface area (Å²) in [5.41, 5.74) is -0.848. The first-order valence-electron chi connectivity index (χ1n) is 5.47. The van der Waals surface area contributed by atoms with Crippen molar-refractivity contribution in [2.75, 3.05) is 0 Å². The zero-order valence-corrected chi connectivity index (χ0v) is 10.9. The Balaban J connectivity index is 2.24. The lowest BCUT2D eigenvalue weighted by Gasteiger charge is -2.11. The smallest absolute Gasteiger partial charge is 0.383 e. The monoisotopic (exact) mass is 327 g/mol. The standard InChI is InChI=1S/C12H7F6NOS/c13-11(14,15)7-3-1-6(2-4-7)9(20)8-5-19-10(21-8)12(16,17)18/h1-5,9,20H. The van der Waals surface area contributed by atoms with Crippen molar-refractivity contribution in [1.82, 2.24) is 4.98 Å². The number of thiazole rings is 1. The molecule has 2 rings (SSSR count). The van der Waals surface area contributed by atoms with Gasteiger partial charge < -0.3 is 5.11 Å². The Kier molecular flexibility index (Phi) is 3.98. The average molecular weight is 327 g/mol. The van der Waals surface area contributed by atoms with E-state index in [0.29, 0.717) is 0 Å². The molecule has 0 saturated carbocycles. The molecular weight excluding hydrogens is 320 g/mol. The summed E-state index contributed by atoms with van der Waals surface area (Å²) in [6.07, 6.45) is -9.74. The van der Waals surface area contributed by atoms with Gasteiger partial charge in [-0.05, 0) is 17.7 Å². The molecule has 0 amide bonds. The van der Waals surface area contributed by atoms with E-state index in [1.165, 1.54) is 0 Å². The van der Waals surface area contributed by atoms with Crippen molar-refractivity contribution in [3.8, 4) is 0 Å². The third-order valence-electron chi connectivity index (χ3n) is 2.59. The van der Waals surface area contributed by atoms with Crippen LogP contribution in [0, 0.1) is 0 Å². The molecule has 1 aromatic carbocycles. The number of hydrogen-bond donors (Lipinski definition) is 1. The van der Waals surface area contributed by atoms with E-state index in [-0.39, 0.29) is 21.8 Å². The minimum Gasteiger partial charge on any atom is -0.383 e. The second-order valence-corrected chi connectivity index (χ2v) is 5.15. The number of rotatable bonds is 2. The van der Waals surface area contributed by atoms with Gasteiger partial charge in [0.1, 0.15) is 6.10 Å². The van der Waals surface area contributed by atoms with Gasteiger partial charge in [-0.2, -0.15) is 26.3 Å². The van der Waals surface area contributed by atoms with E-state index in [1.54, 1.807) is 0 Å². The number of aliphatic hydroxyl groups is 1. The summed E-state index contributed by atoms with van der Waals surface area (Å²) in [7, 11) is 0. The number of nitrogens with zero attached hydrogens (tertiary/aromatic N) is 1. The number of aliphatic hydroxyl groups excluding tert-OH is 1. The number of halogens is 6. The van der Waals surface area contributed by atoms with Crippen molar-refractivity contribution >= 4 is 11.3 Å². The fraction of sp³-hybridized carbons (Fsp3) is 0.250. The molecule has 0 saturated heterocycles. The summed E-state index contributed by atoms with van der Waals surface area (Å²) in [6, 6.07) is 3.54. The zero-order valence-electron chi connectivity index (χ0n) is 10.0. The van der Waals surface area contributed by atoms with Crippen LogP contribution in [0.3, 0.4) is 0 Å². The summed E-state index contributed by atoms with van der Waals surface area (Å²) in [5, 5.41) is 8.76. The summed E-state index contributed by atoms with van der Waals surface area (Å²) in [6.45, 7) is 0. The predicted molar refractivity (Wildman–Crippen MR) is 62.6 cm³/mol. The molecule has 1 atom stereocenters. The summed E-state index contributed by atoms with van der Waals surface area (Å²) in [5.74, 6) is 0. The fourth-order valence-electron chi connectivity index (χ4n) is 1.56. The second kappa shape index (κ2) is 5.30. The quantitative estimate of drug-likeness (QED) is 0.836. The molecule has 1 heterocycles. The molecule has 0 aliphatic heterocycles. The van der Waals surface area contributed by atoms with Crippen LogP contribution in [0.2, 0.25) is 0 Å². The highest BCUT2D eigenvalue weighted by atomic mass is 32.1. The second-order valence-electron chi connectivity index (χ2n) is 4.09. The summed E-state index contributed by atoms with van der Waals surface area (Å²) < 4.78 is 74.3. The molecule has 0 aliphatic rings. The predicted octanol–water partition coefficient (Wildman–Crippen LogP) is 4.26. The number of aromatic nitrogens is 1. The van der Waals surface area contributed by atoms with Gasteiger partial charge in [-0.1, -0.05) is 12.1 Å². The van der Waals surface area contributed by atoms with E-state index < -0.39 is 29.0 Å². The summed E-state index contributed by atoms with van der Waals surface area (Å²) >= 11 is 0.244. The van der Waals surface area contributed by atoms with Gasteiger partial charge in [-0.15, -0.1) is 11.3 Å². The third kappa shape index (κ3) is 3.53. The Morgan fingerprint density at radius 3 is 1.95 bits per heavy atom. The van der Waals surface area contributed by atoms with Crippen LogP contribution in [-0.2, 0) is 12.4 Å². The molecule has 2 aromatic rings. The van der Waals surface area contributed by atoms with E-state index in [9.17, 15) is 31.4 Å². The van der Waals surface area contributed by atoms with Gasteiger partial charge in [-0.25, -0.2) is 4.98 Å². The highest BCUT2D eigenvalue weighted by molar-refractivity contribution is 7.11. The Morgan fingerprint density at radius 2 is 1.52 bits per heavy atom. The summed E-state index contributed by atoms with van der Waals surface area (Å²) in [4.78, 5) is 3.05. The van der Waals surface area contributed by atoms with Crippen LogP contribution in [0.1, 0.15) is 27.1 Å². The number of hydrogen-bond acceptors (Lipinski definition) is 3. The topological polar surface area (TPSA) is 33.1 Å². The van der Waals surface area contributed by atoms with Gasteiger partial charge >= 0.3 is 12.4 Å². The van der Waals surface area contributed by atoms with Crippen LogP contribution in [0.4, 0.5) is 26.3 Å². The lowest BCUT2D eigenvalue weighted by atomic mass is 10.1. The molecule has 0 fully saturated rings. The number of alkyl halides is 6. The maximum Gasteiger partial charge on any atom is 0.443 e. The van der Waals surface area contributed by atoms with E-state index >= 15 is 0 Å². The first-order valence-corrected chi connectivity index (χ1v) is 6.29. The van der Waals surface area contributed by atoms with Crippen molar-refractivity contribution in [3.05, 3.63) is 51.5 Å². The minimum absolute atomic E-state index is 0.0559. The van der Waals surface area contributed by atoms with Crippen LogP contribution < -0.4 is 0 Å². The fourth-order valence-corrected chi connectivity index (χ4v) is 2.36. The normalized spacial score (nSPS) is 14.2. The molecule has 1 N–H and O–H groups in total. The van der Waals surface area contributed by atoms with E-state index in [2.05, 4.69) is 4.98 Å². The van der Waals surface area contributed by atoms with Crippen LogP contribution in [0.25, 0.3) is 0 Å². The van der Waals surface area contributed by atoms with Crippen LogP contribution in [0.5, 0.6) is 0 Å². The Hall–Kier alpha value is -1.61. The zero-order chi connectivity index (χ0) is 15.8. The molecular formula is C12H7F6NOS. The molecule has 1 unspecified atom stereocenters. The van der Waals surface area contributed by atoms with Crippen molar-refractivity contribution in [2.24, 2.45) is 0 Å². The molecule has 0 spiro atoms. The van der Waals surface area contributed by atoms with Gasteiger partial charge in [-0.3, -0.25) is 0 Å². The lowest BCUT2D eigenvalue weighted by molar-refractivity contribution is -0.138. The number of benzene rings is 1. The lowest BCUT2D eigenvalue weighted by Crippen LogP contribution is -2.05. The van der Waals surface area contributed by atoms with Gasteiger partial charge in [0.15, 0.2) is 5.01 Å². The molecule has 1 aromatic heterocycles. The van der Waals surface area contributed by atoms with E-state index in [4.69, 9.17) is 0 Å². The van der Waals surface area contributed by atoms with Gasteiger partial charge in [0.05, 0.1) is 10.4 Å². The average Bonchev–Trinajstić information content (AvgIpc) is 2.86. The van der Waals surface area contributed by atoms with Gasteiger partial charge in [0.25, 0.3) is 0 Å². The molecule has 2 nitrogen and oxygen atoms in total. The van der Waals surface area contributed by atoms with Crippen molar-refractivity contribution in [1.29, 1.82) is 0 Å². The highest BCUT2D eigenvalue weighted by Crippen LogP contribution is 2.36. The molecule has 21 heavy (non-hydrogen) atoms. The first-order chi connectivity index (χ1) is 9.59. The van der Waals surface area contributed by atoms with Crippen LogP contribution >= 0.6 is 11.3 Å². The van der Waals surface area contributed by atoms with Crippen LogP contribution in [-0.4, -0.2) is 10.1 Å². The maximum absolute atomic E-state index is 12.4. The Morgan fingerprint density at radius 1 is 0.952 bits per heavy atom.